The van der Waals surface area contributed by atoms with Gasteiger partial charge in [-0.25, -0.2) is 4.79 Å². The second kappa shape index (κ2) is 8.12. The second-order valence-electron chi connectivity index (χ2n) is 5.09. The van der Waals surface area contributed by atoms with Gasteiger partial charge in [-0.3, -0.25) is 4.79 Å². The number of nitrogens with one attached hydrogen (secondary N) is 1. The highest BCUT2D eigenvalue weighted by Gasteiger charge is 2.20. The molecule has 0 spiro atoms. The Morgan fingerprint density at radius 3 is 2.42 bits per heavy atom. The highest BCUT2D eigenvalue weighted by atomic mass is 16.5. The summed E-state index contributed by atoms with van der Waals surface area (Å²) in [7, 11) is 1.50. The number of carbonyl (C=O) groups is 2. The van der Waals surface area contributed by atoms with Gasteiger partial charge in [-0.15, -0.1) is 0 Å². The lowest BCUT2D eigenvalue weighted by molar-refractivity contribution is -0.123. The average Bonchev–Trinajstić information content (AvgIpc) is 2.62. The highest BCUT2D eigenvalue weighted by Crippen LogP contribution is 2.23. The number of benzene rings is 2. The number of amides is 1. The summed E-state index contributed by atoms with van der Waals surface area (Å²) in [6.45, 7) is 1.39. The summed E-state index contributed by atoms with van der Waals surface area (Å²) in [6, 6.07) is 13.3. The number of para-hydroxylation sites is 2. The fourth-order valence-electron chi connectivity index (χ4n) is 2.01. The maximum Gasteiger partial charge on any atom is 0.338 e. The second-order valence-corrected chi connectivity index (χ2v) is 5.09. The standard InChI is InChI=1S/C18H19NO5/c1-12(17(21)19-15-5-3-4-6-16(15)23-2)24-18(22)14-9-7-13(11-20)8-10-14/h3-10,12,20H,11H2,1-2H3,(H,19,21)/t12-/m1/s1. The van der Waals surface area contributed by atoms with Crippen LogP contribution < -0.4 is 10.1 Å². The molecule has 1 amide bonds. The fraction of sp³-hybridized carbons (Fsp3) is 0.222. The number of ether oxygens (including phenoxy) is 2. The number of aliphatic hydroxyl groups is 1. The van der Waals surface area contributed by atoms with Crippen LogP contribution in [0.5, 0.6) is 5.75 Å². The Kier molecular flexibility index (Phi) is 5.92. The van der Waals surface area contributed by atoms with E-state index in [9.17, 15) is 9.59 Å². The molecule has 1 atom stereocenters. The molecule has 0 radical (unpaired) electrons. The van der Waals surface area contributed by atoms with Crippen molar-refractivity contribution in [3.8, 4) is 5.75 Å². The van der Waals surface area contributed by atoms with Crippen molar-refractivity contribution in [3.63, 3.8) is 0 Å². The molecule has 0 saturated heterocycles. The Labute approximate surface area is 140 Å². The molecule has 2 rings (SSSR count). The molecule has 0 heterocycles. The molecule has 0 fully saturated rings. The van der Waals surface area contributed by atoms with Crippen LogP contribution in [0.25, 0.3) is 0 Å². The van der Waals surface area contributed by atoms with Crippen molar-refractivity contribution in [3.05, 3.63) is 59.7 Å². The molecule has 0 saturated carbocycles. The van der Waals surface area contributed by atoms with E-state index in [2.05, 4.69) is 5.32 Å². The number of aliphatic hydroxyl groups excluding tert-OH is 1. The first kappa shape index (κ1) is 17.5. The lowest BCUT2D eigenvalue weighted by atomic mass is 10.1. The monoisotopic (exact) mass is 329 g/mol. The van der Waals surface area contributed by atoms with E-state index in [1.54, 1.807) is 48.5 Å². The van der Waals surface area contributed by atoms with Crippen LogP contribution in [0.15, 0.2) is 48.5 Å². The van der Waals surface area contributed by atoms with Gasteiger partial charge in [0.15, 0.2) is 6.10 Å². The molecule has 2 aromatic carbocycles. The van der Waals surface area contributed by atoms with Crippen LogP contribution in [0.1, 0.15) is 22.8 Å². The van der Waals surface area contributed by atoms with Crippen molar-refractivity contribution in [1.29, 1.82) is 0 Å². The van der Waals surface area contributed by atoms with Gasteiger partial charge in [-0.1, -0.05) is 24.3 Å². The first-order valence-corrected chi connectivity index (χ1v) is 7.39. The largest absolute Gasteiger partial charge is 0.495 e. The van der Waals surface area contributed by atoms with Gasteiger partial charge in [0.05, 0.1) is 25.0 Å². The van der Waals surface area contributed by atoms with Crippen LogP contribution in [0.2, 0.25) is 0 Å². The van der Waals surface area contributed by atoms with E-state index in [4.69, 9.17) is 14.6 Å². The van der Waals surface area contributed by atoms with E-state index >= 15 is 0 Å². The third-order valence-corrected chi connectivity index (χ3v) is 3.39. The lowest BCUT2D eigenvalue weighted by Crippen LogP contribution is -2.30. The Balaban J connectivity index is 1.98. The van der Waals surface area contributed by atoms with Crippen molar-refractivity contribution in [2.75, 3.05) is 12.4 Å². The van der Waals surface area contributed by atoms with Crippen LogP contribution in [0.4, 0.5) is 5.69 Å². The van der Waals surface area contributed by atoms with Gasteiger partial charge in [0.1, 0.15) is 5.75 Å². The summed E-state index contributed by atoms with van der Waals surface area (Å²) in [4.78, 5) is 24.2. The SMILES string of the molecule is COc1ccccc1NC(=O)[C@@H](C)OC(=O)c1ccc(CO)cc1. The minimum atomic E-state index is -0.972. The maximum atomic E-state index is 12.2. The first-order valence-electron chi connectivity index (χ1n) is 7.39. The van der Waals surface area contributed by atoms with Crippen LogP contribution in [0.3, 0.4) is 0 Å². The molecule has 126 valence electrons. The van der Waals surface area contributed by atoms with E-state index in [1.165, 1.54) is 14.0 Å². The van der Waals surface area contributed by atoms with E-state index in [0.717, 1.165) is 0 Å². The molecule has 6 heteroatoms. The van der Waals surface area contributed by atoms with Crippen molar-refractivity contribution in [1.82, 2.24) is 0 Å². The van der Waals surface area contributed by atoms with Crippen LogP contribution in [-0.4, -0.2) is 30.2 Å². The predicted octanol–water partition coefficient (Wildman–Crippen LogP) is 2.37. The Hall–Kier alpha value is -2.86. The van der Waals surface area contributed by atoms with Gasteiger partial charge in [-0.05, 0) is 36.8 Å². The zero-order valence-corrected chi connectivity index (χ0v) is 13.5. The molecule has 0 bridgehead atoms. The predicted molar refractivity (Wildman–Crippen MR) is 88.9 cm³/mol. The topological polar surface area (TPSA) is 84.9 Å². The van der Waals surface area contributed by atoms with Gasteiger partial charge in [-0.2, -0.15) is 0 Å². The molecule has 0 aliphatic heterocycles. The molecule has 6 nitrogen and oxygen atoms in total. The normalized spacial score (nSPS) is 11.5. The third-order valence-electron chi connectivity index (χ3n) is 3.39. The number of rotatable bonds is 6. The summed E-state index contributed by atoms with van der Waals surface area (Å²) in [6.07, 6.45) is -0.972. The molecule has 0 aromatic heterocycles. The van der Waals surface area contributed by atoms with Crippen LogP contribution >= 0.6 is 0 Å². The van der Waals surface area contributed by atoms with Gasteiger partial charge in [0.25, 0.3) is 5.91 Å². The van der Waals surface area contributed by atoms with E-state index < -0.39 is 18.0 Å². The summed E-state index contributed by atoms with van der Waals surface area (Å²) in [5.74, 6) is -0.550. The number of hydrogen-bond donors (Lipinski definition) is 2. The minimum Gasteiger partial charge on any atom is -0.495 e. The minimum absolute atomic E-state index is 0.104. The smallest absolute Gasteiger partial charge is 0.338 e. The number of esters is 1. The third kappa shape index (κ3) is 4.33. The van der Waals surface area contributed by atoms with Crippen molar-refractivity contribution in [2.24, 2.45) is 0 Å². The number of anilines is 1. The number of carbonyl (C=O) groups excluding carboxylic acids is 2. The van der Waals surface area contributed by atoms with Crippen molar-refractivity contribution >= 4 is 17.6 Å². The molecule has 2 N–H and O–H groups in total. The first-order chi connectivity index (χ1) is 11.5. The quantitative estimate of drug-likeness (QED) is 0.795. The Morgan fingerprint density at radius 2 is 1.79 bits per heavy atom. The molecular formula is C18H19NO5. The van der Waals surface area contributed by atoms with Gasteiger partial charge >= 0.3 is 5.97 Å². The lowest BCUT2D eigenvalue weighted by Gasteiger charge is -2.15. The van der Waals surface area contributed by atoms with Crippen LogP contribution in [-0.2, 0) is 16.1 Å². The summed E-state index contributed by atoms with van der Waals surface area (Å²) in [5.41, 5.74) is 1.50. The Bertz CT molecular complexity index is 712. The highest BCUT2D eigenvalue weighted by molar-refractivity contribution is 5.98. The fourth-order valence-corrected chi connectivity index (χ4v) is 2.01. The summed E-state index contributed by atoms with van der Waals surface area (Å²) in [5, 5.41) is 11.7. The van der Waals surface area contributed by atoms with Crippen molar-refractivity contribution in [2.45, 2.75) is 19.6 Å². The molecule has 2 aromatic rings. The average molecular weight is 329 g/mol. The van der Waals surface area contributed by atoms with Gasteiger partial charge in [0.2, 0.25) is 0 Å². The molecular weight excluding hydrogens is 310 g/mol. The van der Waals surface area contributed by atoms with Crippen LogP contribution in [0, 0.1) is 0 Å². The molecule has 0 unspecified atom stereocenters. The van der Waals surface area contributed by atoms with E-state index in [-0.39, 0.29) is 6.61 Å². The van der Waals surface area contributed by atoms with Gasteiger partial charge in [0, 0.05) is 0 Å². The van der Waals surface area contributed by atoms with Crippen molar-refractivity contribution < 1.29 is 24.2 Å². The molecule has 0 aliphatic rings. The van der Waals surface area contributed by atoms with E-state index in [1.807, 2.05) is 0 Å². The number of hydrogen-bond acceptors (Lipinski definition) is 5. The van der Waals surface area contributed by atoms with E-state index in [0.29, 0.717) is 22.6 Å². The molecule has 0 aliphatic carbocycles. The zero-order valence-electron chi connectivity index (χ0n) is 13.5. The molecule has 24 heavy (non-hydrogen) atoms. The maximum absolute atomic E-state index is 12.2. The van der Waals surface area contributed by atoms with Gasteiger partial charge < -0.3 is 19.9 Å². The zero-order chi connectivity index (χ0) is 17.5. The number of methoxy groups -OCH3 is 1. The Morgan fingerprint density at radius 1 is 1.12 bits per heavy atom. The summed E-state index contributed by atoms with van der Waals surface area (Å²) < 4.78 is 10.3. The summed E-state index contributed by atoms with van der Waals surface area (Å²) >= 11 is 0.